The molecule has 3 aromatic rings. The van der Waals surface area contributed by atoms with E-state index in [2.05, 4.69) is 22.4 Å². The summed E-state index contributed by atoms with van der Waals surface area (Å²) >= 11 is 1.26. The first-order valence-electron chi connectivity index (χ1n) is 11.0. The summed E-state index contributed by atoms with van der Waals surface area (Å²) in [4.78, 5) is 26.2. The lowest BCUT2D eigenvalue weighted by Gasteiger charge is -2.18. The predicted octanol–water partition coefficient (Wildman–Crippen LogP) is 3.14. The van der Waals surface area contributed by atoms with Gasteiger partial charge in [0.1, 0.15) is 22.3 Å². The van der Waals surface area contributed by atoms with Gasteiger partial charge < -0.3 is 23.9 Å². The van der Waals surface area contributed by atoms with Crippen LogP contribution in [0, 0.1) is 5.92 Å². The maximum Gasteiger partial charge on any atom is 0.341 e. The highest BCUT2D eigenvalue weighted by Gasteiger charge is 2.31. The molecule has 36 heavy (non-hydrogen) atoms. The standard InChI is InChI=1S/C23H25N3O8S2/c1-12-5-7-14-17(9-12)35-21(19(14)22(28)33-4)24-18(27)11-36(29,30)23-26-25-20(34-23)15-10-13(31-2)6-8-16(15)32-3/h6,8,10,12H,5,7,9,11H2,1-4H3,(H,24,27). The number of ether oxygens (including phenoxy) is 3. The van der Waals surface area contributed by atoms with E-state index in [4.69, 9.17) is 18.6 Å². The number of hydrogen-bond donors (Lipinski definition) is 1. The number of aromatic nitrogens is 2. The molecule has 0 fully saturated rings. The van der Waals surface area contributed by atoms with Crippen molar-refractivity contribution in [2.75, 3.05) is 32.4 Å². The number of sulfone groups is 1. The van der Waals surface area contributed by atoms with E-state index < -0.39 is 32.7 Å². The Bertz CT molecular complexity index is 1410. The van der Waals surface area contributed by atoms with E-state index >= 15 is 0 Å². The highest BCUT2D eigenvalue weighted by Crippen LogP contribution is 2.40. The third-order valence-corrected chi connectivity index (χ3v) is 8.29. The average molecular weight is 536 g/mol. The molecular formula is C23H25N3O8S2. The number of anilines is 1. The van der Waals surface area contributed by atoms with Gasteiger partial charge in [0.15, 0.2) is 0 Å². The van der Waals surface area contributed by atoms with Crippen molar-refractivity contribution in [2.24, 2.45) is 5.92 Å². The Labute approximate surface area is 211 Å². The van der Waals surface area contributed by atoms with Gasteiger partial charge in [0.05, 0.1) is 32.5 Å². The fourth-order valence-electron chi connectivity index (χ4n) is 3.98. The largest absolute Gasteiger partial charge is 0.497 e. The van der Waals surface area contributed by atoms with E-state index in [1.807, 2.05) is 0 Å². The Hall–Kier alpha value is -3.45. The summed E-state index contributed by atoms with van der Waals surface area (Å²) < 4.78 is 46.5. The van der Waals surface area contributed by atoms with Crippen LogP contribution < -0.4 is 14.8 Å². The van der Waals surface area contributed by atoms with Gasteiger partial charge in [0, 0.05) is 4.88 Å². The molecule has 192 valence electrons. The molecule has 1 aliphatic rings. The zero-order valence-corrected chi connectivity index (χ0v) is 21.7. The number of thiophene rings is 1. The van der Waals surface area contributed by atoms with Crippen molar-refractivity contribution < 1.29 is 36.6 Å². The van der Waals surface area contributed by atoms with Crippen LogP contribution in [0.25, 0.3) is 11.5 Å². The monoisotopic (exact) mass is 535 g/mol. The molecule has 1 N–H and O–H groups in total. The molecule has 1 amide bonds. The molecule has 2 aromatic heterocycles. The number of nitrogens with one attached hydrogen (secondary N) is 1. The molecule has 11 nitrogen and oxygen atoms in total. The smallest absolute Gasteiger partial charge is 0.341 e. The molecule has 0 aliphatic heterocycles. The zero-order chi connectivity index (χ0) is 26.0. The molecule has 13 heteroatoms. The highest BCUT2D eigenvalue weighted by molar-refractivity contribution is 7.91. The van der Waals surface area contributed by atoms with E-state index in [9.17, 15) is 18.0 Å². The first-order valence-corrected chi connectivity index (χ1v) is 13.4. The summed E-state index contributed by atoms with van der Waals surface area (Å²) in [5.74, 6) is -1.20. The normalized spacial score (nSPS) is 15.2. The summed E-state index contributed by atoms with van der Waals surface area (Å²) in [6, 6.07) is 4.83. The molecule has 1 aromatic carbocycles. The van der Waals surface area contributed by atoms with Gasteiger partial charge in [-0.05, 0) is 48.9 Å². The summed E-state index contributed by atoms with van der Waals surface area (Å²) in [7, 11) is -0.109. The van der Waals surface area contributed by atoms with Crippen molar-refractivity contribution in [1.29, 1.82) is 0 Å². The number of carbonyl (C=O) groups is 2. The second-order valence-electron chi connectivity index (χ2n) is 8.29. The second kappa shape index (κ2) is 10.3. The maximum absolute atomic E-state index is 12.9. The first kappa shape index (κ1) is 25.6. The van der Waals surface area contributed by atoms with Crippen molar-refractivity contribution in [3.8, 4) is 23.0 Å². The third-order valence-electron chi connectivity index (χ3n) is 5.78. The van der Waals surface area contributed by atoms with Gasteiger partial charge >= 0.3 is 11.2 Å². The lowest BCUT2D eigenvalue weighted by molar-refractivity contribution is -0.113. The zero-order valence-electron chi connectivity index (χ0n) is 20.1. The summed E-state index contributed by atoms with van der Waals surface area (Å²) in [5, 5.41) is 9.55. The van der Waals surface area contributed by atoms with Crippen molar-refractivity contribution in [3.63, 3.8) is 0 Å². The number of hydrogen-bond acceptors (Lipinski definition) is 11. The third kappa shape index (κ3) is 5.07. The topological polar surface area (TPSA) is 147 Å². The number of fused-ring (bicyclic) bond motifs is 1. The molecule has 0 saturated heterocycles. The first-order chi connectivity index (χ1) is 17.2. The molecule has 0 spiro atoms. The van der Waals surface area contributed by atoms with Crippen LogP contribution in [0.3, 0.4) is 0 Å². The number of nitrogens with zero attached hydrogens (tertiary/aromatic N) is 2. The molecule has 4 rings (SSSR count). The second-order valence-corrected chi connectivity index (χ2v) is 11.3. The van der Waals surface area contributed by atoms with E-state index in [0.29, 0.717) is 29.4 Å². The molecule has 0 radical (unpaired) electrons. The Morgan fingerprint density at radius 1 is 1.19 bits per heavy atom. The Balaban J connectivity index is 1.56. The summed E-state index contributed by atoms with van der Waals surface area (Å²) in [6.07, 6.45) is 2.37. The number of esters is 1. The van der Waals surface area contributed by atoms with Crippen LogP contribution in [0.15, 0.2) is 27.8 Å². The van der Waals surface area contributed by atoms with Crippen molar-refractivity contribution in [2.45, 2.75) is 31.4 Å². The van der Waals surface area contributed by atoms with Gasteiger partial charge in [0.2, 0.25) is 15.7 Å². The van der Waals surface area contributed by atoms with Crippen LogP contribution in [0.5, 0.6) is 11.5 Å². The Kier molecular flexibility index (Phi) is 7.31. The van der Waals surface area contributed by atoms with E-state index in [-0.39, 0.29) is 16.5 Å². The Morgan fingerprint density at radius 3 is 2.67 bits per heavy atom. The van der Waals surface area contributed by atoms with Crippen LogP contribution in [-0.4, -0.2) is 57.6 Å². The van der Waals surface area contributed by atoms with Gasteiger partial charge in [-0.3, -0.25) is 4.79 Å². The van der Waals surface area contributed by atoms with Gasteiger partial charge in [0.25, 0.3) is 5.89 Å². The molecule has 0 bridgehead atoms. The summed E-state index contributed by atoms with van der Waals surface area (Å²) in [5.41, 5.74) is 1.45. The molecule has 1 unspecified atom stereocenters. The molecule has 1 atom stereocenters. The minimum absolute atomic E-state index is 0.113. The molecule has 2 heterocycles. The van der Waals surface area contributed by atoms with E-state index in [0.717, 1.165) is 23.3 Å². The number of methoxy groups -OCH3 is 3. The van der Waals surface area contributed by atoms with E-state index in [1.165, 1.54) is 32.7 Å². The maximum atomic E-state index is 12.9. The van der Waals surface area contributed by atoms with Crippen LogP contribution in [0.1, 0.15) is 34.1 Å². The number of amides is 1. The van der Waals surface area contributed by atoms with Gasteiger partial charge in [-0.15, -0.1) is 16.4 Å². The van der Waals surface area contributed by atoms with Crippen molar-refractivity contribution in [1.82, 2.24) is 10.2 Å². The fraction of sp³-hybridized carbons (Fsp3) is 0.391. The molecule has 1 aliphatic carbocycles. The summed E-state index contributed by atoms with van der Waals surface area (Å²) in [6.45, 7) is 2.12. The van der Waals surface area contributed by atoms with Crippen LogP contribution in [0.2, 0.25) is 0 Å². The van der Waals surface area contributed by atoms with Gasteiger partial charge in [-0.25, -0.2) is 13.2 Å². The SMILES string of the molecule is COC(=O)c1c(NC(=O)CS(=O)(=O)c2nnc(-c3cc(OC)ccc3OC)o2)sc2c1CCC(C)C2. The van der Waals surface area contributed by atoms with Crippen molar-refractivity contribution >= 4 is 38.1 Å². The lowest BCUT2D eigenvalue weighted by Crippen LogP contribution is -2.24. The average Bonchev–Trinajstić information content (AvgIpc) is 3.48. The number of carbonyl (C=O) groups excluding carboxylic acids is 2. The van der Waals surface area contributed by atoms with E-state index in [1.54, 1.807) is 18.2 Å². The minimum atomic E-state index is -4.29. The van der Waals surface area contributed by atoms with Crippen molar-refractivity contribution in [3.05, 3.63) is 34.2 Å². The number of rotatable bonds is 8. The quantitative estimate of drug-likeness (QED) is 0.427. The van der Waals surface area contributed by atoms with Crippen LogP contribution in [0.4, 0.5) is 5.00 Å². The lowest BCUT2D eigenvalue weighted by atomic mass is 9.88. The predicted molar refractivity (Wildman–Crippen MR) is 130 cm³/mol. The molecule has 0 saturated carbocycles. The van der Waals surface area contributed by atoms with Gasteiger partial charge in [-0.2, -0.15) is 0 Å². The van der Waals surface area contributed by atoms with Crippen LogP contribution >= 0.6 is 11.3 Å². The number of benzene rings is 1. The molecular weight excluding hydrogens is 510 g/mol. The fourth-order valence-corrected chi connectivity index (χ4v) is 6.31. The van der Waals surface area contributed by atoms with Gasteiger partial charge in [-0.1, -0.05) is 12.0 Å². The Morgan fingerprint density at radius 2 is 1.97 bits per heavy atom. The van der Waals surface area contributed by atoms with Crippen LogP contribution in [-0.2, 0) is 32.2 Å². The minimum Gasteiger partial charge on any atom is -0.497 e. The highest BCUT2D eigenvalue weighted by atomic mass is 32.2.